The van der Waals surface area contributed by atoms with E-state index >= 15 is 0 Å². The molecule has 2 N–H and O–H groups in total. The molecule has 0 aromatic carbocycles. The minimum Gasteiger partial charge on any atom is -0.479 e. The molecular formula is C19H27BrN2O7S. The molecule has 3 fully saturated rings. The molecule has 5 atom stereocenters. The first kappa shape index (κ1) is 23.2. The van der Waals surface area contributed by atoms with Crippen LogP contribution >= 0.6 is 27.9 Å². The lowest BCUT2D eigenvalue weighted by atomic mass is 9.70. The van der Waals surface area contributed by atoms with Crippen LogP contribution < -0.4 is 5.32 Å². The molecular weight excluding hydrogens is 480 g/mol. The minimum atomic E-state index is -1.25. The van der Waals surface area contributed by atoms with Crippen molar-refractivity contribution in [3.05, 3.63) is 0 Å². The summed E-state index contributed by atoms with van der Waals surface area (Å²) in [5.41, 5.74) is 0.0525. The summed E-state index contributed by atoms with van der Waals surface area (Å²) in [7, 11) is 0. The Kier molecular flexibility index (Phi) is 6.62. The Labute approximate surface area is 187 Å². The highest BCUT2D eigenvalue weighted by molar-refractivity contribution is 9.09. The van der Waals surface area contributed by atoms with Gasteiger partial charge in [-0.15, -0.1) is 0 Å². The molecule has 30 heavy (non-hydrogen) atoms. The second-order valence-electron chi connectivity index (χ2n) is 8.84. The Morgan fingerprint density at radius 1 is 1.33 bits per heavy atom. The van der Waals surface area contributed by atoms with Crippen molar-refractivity contribution < 1.29 is 33.8 Å². The van der Waals surface area contributed by atoms with Crippen LogP contribution in [0.2, 0.25) is 0 Å². The van der Waals surface area contributed by atoms with Crippen LogP contribution in [0.1, 0.15) is 40.0 Å². The van der Waals surface area contributed by atoms with Gasteiger partial charge in [-0.2, -0.15) is 0 Å². The quantitative estimate of drug-likeness (QED) is 0.222. The number of carbonyl (C=O) groups is 4. The van der Waals surface area contributed by atoms with Gasteiger partial charge in [0.2, 0.25) is 0 Å². The minimum absolute atomic E-state index is 0.0638. The number of fused-ring (bicyclic) bond motifs is 2. The van der Waals surface area contributed by atoms with Gasteiger partial charge >= 0.3 is 18.0 Å². The van der Waals surface area contributed by atoms with Gasteiger partial charge in [0, 0.05) is 10.7 Å². The number of alkyl carbamates (subject to hydrolysis) is 1. The number of carboxylic acids is 1. The lowest BCUT2D eigenvalue weighted by molar-refractivity contribution is -0.153. The summed E-state index contributed by atoms with van der Waals surface area (Å²) < 4.78 is 11.7. The van der Waals surface area contributed by atoms with Crippen LogP contribution in [0.5, 0.6) is 0 Å². The molecule has 2 saturated carbocycles. The van der Waals surface area contributed by atoms with E-state index in [9.17, 15) is 19.2 Å². The number of rotatable bonds is 8. The number of nitrogens with zero attached hydrogens (tertiary/aromatic N) is 1. The van der Waals surface area contributed by atoms with Crippen LogP contribution in [-0.4, -0.2) is 69.2 Å². The predicted octanol–water partition coefficient (Wildman–Crippen LogP) is 2.18. The standard InChI is InChI=1S/C19H27BrN2O7S/c1-18(2)10-4-5-19(18,3)12(6-10)29-17(27)21-15-11(7-20)22(16(15)26)30-9-14(25)28-8-13(23)24/h10-12,15H,4-9H2,1-3H3,(H,21,27)(H,23,24). The summed E-state index contributed by atoms with van der Waals surface area (Å²) in [6.07, 6.45) is 2.26. The van der Waals surface area contributed by atoms with Crippen LogP contribution in [-0.2, 0) is 23.9 Å². The van der Waals surface area contributed by atoms with Crippen LogP contribution in [0.4, 0.5) is 4.79 Å². The number of halogens is 1. The van der Waals surface area contributed by atoms with Crippen molar-refractivity contribution in [1.29, 1.82) is 0 Å². The highest BCUT2D eigenvalue weighted by atomic mass is 79.9. The fraction of sp³-hybridized carbons (Fsp3) is 0.789. The lowest BCUT2D eigenvalue weighted by Crippen LogP contribution is -2.69. The summed E-state index contributed by atoms with van der Waals surface area (Å²) in [5, 5.41) is 11.6. The van der Waals surface area contributed by atoms with Gasteiger partial charge < -0.3 is 19.9 Å². The van der Waals surface area contributed by atoms with Gasteiger partial charge in [-0.05, 0) is 42.5 Å². The van der Waals surface area contributed by atoms with Crippen molar-refractivity contribution in [3.8, 4) is 0 Å². The number of aliphatic carboxylic acids is 1. The molecule has 1 aliphatic heterocycles. The highest BCUT2D eigenvalue weighted by Crippen LogP contribution is 2.66. The van der Waals surface area contributed by atoms with Crippen molar-refractivity contribution in [2.45, 2.75) is 58.2 Å². The molecule has 3 aliphatic rings. The normalized spacial score (nSPS) is 33.7. The molecule has 1 heterocycles. The van der Waals surface area contributed by atoms with Gasteiger partial charge in [-0.25, -0.2) is 9.59 Å². The zero-order chi connectivity index (χ0) is 22.3. The largest absolute Gasteiger partial charge is 0.479 e. The third kappa shape index (κ3) is 4.02. The first-order valence-corrected chi connectivity index (χ1v) is 11.9. The Morgan fingerprint density at radius 2 is 2.03 bits per heavy atom. The predicted molar refractivity (Wildman–Crippen MR) is 112 cm³/mol. The molecule has 11 heteroatoms. The number of carbonyl (C=O) groups excluding carboxylic acids is 3. The lowest BCUT2D eigenvalue weighted by Gasteiger charge is -2.45. The number of amides is 2. The summed E-state index contributed by atoms with van der Waals surface area (Å²) in [5.74, 6) is -1.98. The molecule has 1 saturated heterocycles. The van der Waals surface area contributed by atoms with E-state index in [-0.39, 0.29) is 34.6 Å². The third-order valence-corrected chi connectivity index (χ3v) is 9.00. The van der Waals surface area contributed by atoms with Crippen molar-refractivity contribution in [2.75, 3.05) is 17.7 Å². The van der Waals surface area contributed by atoms with Crippen LogP contribution in [0.15, 0.2) is 0 Å². The molecule has 0 aromatic heterocycles. The van der Waals surface area contributed by atoms with Crippen molar-refractivity contribution in [1.82, 2.24) is 9.62 Å². The summed E-state index contributed by atoms with van der Waals surface area (Å²) >= 11 is 4.26. The number of hydrogen-bond donors (Lipinski definition) is 2. The molecule has 0 radical (unpaired) electrons. The molecule has 3 rings (SSSR count). The zero-order valence-electron chi connectivity index (χ0n) is 17.2. The van der Waals surface area contributed by atoms with Gasteiger partial charge in [0.15, 0.2) is 6.61 Å². The molecule has 168 valence electrons. The summed E-state index contributed by atoms with van der Waals surface area (Å²) in [4.78, 5) is 46.9. The number of nitrogens with one attached hydrogen (secondary N) is 1. The van der Waals surface area contributed by atoms with Gasteiger partial charge in [0.1, 0.15) is 17.9 Å². The molecule has 5 unspecified atom stereocenters. The third-order valence-electron chi connectivity index (χ3n) is 7.24. The van der Waals surface area contributed by atoms with E-state index in [2.05, 4.69) is 46.8 Å². The first-order valence-electron chi connectivity index (χ1n) is 9.87. The monoisotopic (exact) mass is 506 g/mol. The maximum Gasteiger partial charge on any atom is 0.408 e. The molecule has 2 bridgehead atoms. The Hall–Kier alpha value is -1.49. The van der Waals surface area contributed by atoms with Crippen LogP contribution in [0, 0.1) is 16.7 Å². The van der Waals surface area contributed by atoms with Crippen molar-refractivity contribution >= 4 is 51.8 Å². The van der Waals surface area contributed by atoms with E-state index < -0.39 is 30.7 Å². The first-order chi connectivity index (χ1) is 14.0. The van der Waals surface area contributed by atoms with E-state index in [1.807, 2.05) is 0 Å². The molecule has 0 spiro atoms. The number of hydrogen-bond acceptors (Lipinski definition) is 7. The molecule has 2 aliphatic carbocycles. The Balaban J connectivity index is 1.49. The molecule has 2 amide bonds. The molecule has 9 nitrogen and oxygen atoms in total. The number of alkyl halides is 1. The smallest absolute Gasteiger partial charge is 0.408 e. The summed E-state index contributed by atoms with van der Waals surface area (Å²) in [6, 6.07) is -1.09. The fourth-order valence-electron chi connectivity index (χ4n) is 4.89. The summed E-state index contributed by atoms with van der Waals surface area (Å²) in [6.45, 7) is 5.93. The van der Waals surface area contributed by atoms with Crippen LogP contribution in [0.25, 0.3) is 0 Å². The number of β-lactam (4-membered cyclic amide) rings is 1. The Morgan fingerprint density at radius 3 is 2.57 bits per heavy atom. The van der Waals surface area contributed by atoms with Crippen molar-refractivity contribution in [3.63, 3.8) is 0 Å². The topological polar surface area (TPSA) is 122 Å². The van der Waals surface area contributed by atoms with Gasteiger partial charge in [0.25, 0.3) is 5.91 Å². The average molecular weight is 507 g/mol. The van der Waals surface area contributed by atoms with E-state index in [4.69, 9.17) is 9.84 Å². The highest BCUT2D eigenvalue weighted by Gasteiger charge is 2.63. The zero-order valence-corrected chi connectivity index (χ0v) is 19.6. The Bertz CT molecular complexity index is 748. The average Bonchev–Trinajstić information content (AvgIpc) is 3.01. The number of esters is 1. The second-order valence-corrected chi connectivity index (χ2v) is 10.4. The van der Waals surface area contributed by atoms with E-state index in [0.717, 1.165) is 31.2 Å². The van der Waals surface area contributed by atoms with Gasteiger partial charge in [-0.3, -0.25) is 13.9 Å². The van der Waals surface area contributed by atoms with Crippen LogP contribution in [0.3, 0.4) is 0 Å². The van der Waals surface area contributed by atoms with Gasteiger partial charge in [-0.1, -0.05) is 36.7 Å². The van der Waals surface area contributed by atoms with Crippen molar-refractivity contribution in [2.24, 2.45) is 16.7 Å². The van der Waals surface area contributed by atoms with E-state index in [1.165, 1.54) is 4.31 Å². The molecule has 0 aromatic rings. The maximum atomic E-state index is 12.5. The SMILES string of the molecule is CC1(C)C2CCC1(C)C(OC(=O)NC1C(=O)N(SCC(=O)OCC(=O)O)C1CBr)C2. The van der Waals surface area contributed by atoms with E-state index in [0.29, 0.717) is 11.2 Å². The fourth-order valence-corrected chi connectivity index (χ4v) is 6.70. The number of ether oxygens (including phenoxy) is 2. The van der Waals surface area contributed by atoms with Gasteiger partial charge in [0.05, 0.1) is 6.04 Å². The van der Waals surface area contributed by atoms with E-state index in [1.54, 1.807) is 0 Å². The maximum absolute atomic E-state index is 12.5. The second kappa shape index (κ2) is 8.57. The number of carboxylic acid groups (broad SMARTS) is 1.